The van der Waals surface area contributed by atoms with Crippen molar-refractivity contribution in [1.29, 1.82) is 0 Å². The first-order valence-corrected chi connectivity index (χ1v) is 9.36. The Bertz CT molecular complexity index is 755. The molecule has 0 saturated carbocycles. The molecule has 2 saturated heterocycles. The molecule has 132 valence electrons. The van der Waals surface area contributed by atoms with E-state index in [9.17, 15) is 0 Å². The van der Waals surface area contributed by atoms with Crippen molar-refractivity contribution in [2.24, 2.45) is 4.99 Å². The molecule has 2 fully saturated rings. The highest BCUT2D eigenvalue weighted by Crippen LogP contribution is 2.34. The number of hydrogen-bond donors (Lipinski definition) is 2. The zero-order valence-electron chi connectivity index (χ0n) is 14.7. The Balaban J connectivity index is 1.41. The lowest BCUT2D eigenvalue weighted by Gasteiger charge is -2.22. The van der Waals surface area contributed by atoms with Gasteiger partial charge in [0.1, 0.15) is 0 Å². The number of benzene rings is 1. The SMILES string of the molecule is CCNC(=NCCc1cccc2cccnc12)NC1CC2CCC1O2. The summed E-state index contributed by atoms with van der Waals surface area (Å²) in [4.78, 5) is 9.30. The second kappa shape index (κ2) is 7.40. The van der Waals surface area contributed by atoms with Crippen LogP contribution in [-0.2, 0) is 11.2 Å². The molecule has 2 aliphatic rings. The van der Waals surface area contributed by atoms with Gasteiger partial charge in [0.2, 0.25) is 0 Å². The zero-order chi connectivity index (χ0) is 17.1. The Kier molecular flexibility index (Phi) is 4.83. The van der Waals surface area contributed by atoms with Gasteiger partial charge in [-0.15, -0.1) is 0 Å². The fourth-order valence-electron chi connectivity index (χ4n) is 3.94. The Morgan fingerprint density at radius 1 is 1.28 bits per heavy atom. The van der Waals surface area contributed by atoms with Crippen LogP contribution in [0.1, 0.15) is 31.7 Å². The van der Waals surface area contributed by atoms with E-state index in [1.807, 2.05) is 12.3 Å². The van der Waals surface area contributed by atoms with Crippen LogP contribution < -0.4 is 10.6 Å². The molecule has 4 rings (SSSR count). The first-order chi connectivity index (χ1) is 12.3. The maximum Gasteiger partial charge on any atom is 0.191 e. The topological polar surface area (TPSA) is 58.5 Å². The van der Waals surface area contributed by atoms with E-state index in [1.54, 1.807) is 0 Å². The van der Waals surface area contributed by atoms with Gasteiger partial charge in [-0.3, -0.25) is 9.98 Å². The van der Waals surface area contributed by atoms with E-state index in [2.05, 4.69) is 46.8 Å². The number of nitrogens with one attached hydrogen (secondary N) is 2. The van der Waals surface area contributed by atoms with Gasteiger partial charge < -0.3 is 15.4 Å². The van der Waals surface area contributed by atoms with Gasteiger partial charge in [-0.05, 0) is 44.2 Å². The first-order valence-electron chi connectivity index (χ1n) is 9.36. The number of rotatable bonds is 5. The normalized spacial score (nSPS) is 25.5. The van der Waals surface area contributed by atoms with Crippen molar-refractivity contribution >= 4 is 16.9 Å². The molecule has 2 bridgehead atoms. The summed E-state index contributed by atoms with van der Waals surface area (Å²) >= 11 is 0. The molecule has 2 N–H and O–H groups in total. The van der Waals surface area contributed by atoms with Crippen molar-refractivity contribution in [2.45, 2.75) is 50.9 Å². The first kappa shape index (κ1) is 16.3. The third kappa shape index (κ3) is 3.61. The molecule has 3 unspecified atom stereocenters. The fraction of sp³-hybridized carbons (Fsp3) is 0.500. The highest BCUT2D eigenvalue weighted by Gasteiger charge is 2.41. The van der Waals surface area contributed by atoms with Crippen molar-refractivity contribution in [3.05, 3.63) is 42.1 Å². The number of aromatic nitrogens is 1. The molecule has 25 heavy (non-hydrogen) atoms. The highest BCUT2D eigenvalue weighted by molar-refractivity contribution is 5.82. The van der Waals surface area contributed by atoms with E-state index in [0.717, 1.165) is 37.4 Å². The summed E-state index contributed by atoms with van der Waals surface area (Å²) in [7, 11) is 0. The number of hydrogen-bond acceptors (Lipinski definition) is 3. The van der Waals surface area contributed by atoms with Gasteiger partial charge in [0.05, 0.1) is 23.8 Å². The van der Waals surface area contributed by atoms with E-state index < -0.39 is 0 Å². The summed E-state index contributed by atoms with van der Waals surface area (Å²) in [6.45, 7) is 3.71. The largest absolute Gasteiger partial charge is 0.373 e. The number of pyridine rings is 1. The van der Waals surface area contributed by atoms with Crippen LogP contribution in [0, 0.1) is 0 Å². The smallest absolute Gasteiger partial charge is 0.191 e. The highest BCUT2D eigenvalue weighted by atomic mass is 16.5. The fourth-order valence-corrected chi connectivity index (χ4v) is 3.94. The Hall–Kier alpha value is -2.14. The van der Waals surface area contributed by atoms with Crippen LogP contribution >= 0.6 is 0 Å². The zero-order valence-corrected chi connectivity index (χ0v) is 14.7. The summed E-state index contributed by atoms with van der Waals surface area (Å²) < 4.78 is 5.93. The van der Waals surface area contributed by atoms with Gasteiger partial charge in [0, 0.05) is 24.7 Å². The molecule has 5 heteroatoms. The molecule has 3 atom stereocenters. The molecule has 5 nitrogen and oxygen atoms in total. The van der Waals surface area contributed by atoms with Crippen LogP contribution in [0.5, 0.6) is 0 Å². The second-order valence-corrected chi connectivity index (χ2v) is 6.86. The third-order valence-corrected chi connectivity index (χ3v) is 5.14. The quantitative estimate of drug-likeness (QED) is 0.650. The maximum absolute atomic E-state index is 5.93. The van der Waals surface area contributed by atoms with E-state index >= 15 is 0 Å². The van der Waals surface area contributed by atoms with Crippen LogP contribution in [0.4, 0.5) is 0 Å². The van der Waals surface area contributed by atoms with Gasteiger partial charge in [-0.25, -0.2) is 0 Å². The second-order valence-electron chi connectivity index (χ2n) is 6.86. The number of ether oxygens (including phenoxy) is 1. The van der Waals surface area contributed by atoms with Crippen LogP contribution in [0.15, 0.2) is 41.5 Å². The molecular formula is C20H26N4O. The molecule has 1 aromatic carbocycles. The Labute approximate surface area is 148 Å². The van der Waals surface area contributed by atoms with Crippen LogP contribution in [0.25, 0.3) is 10.9 Å². The molecule has 0 radical (unpaired) electrons. The number of aliphatic imine (C=N–C) groups is 1. The minimum atomic E-state index is 0.358. The molecular weight excluding hydrogens is 312 g/mol. The Morgan fingerprint density at radius 2 is 2.20 bits per heavy atom. The van der Waals surface area contributed by atoms with Gasteiger partial charge in [-0.2, -0.15) is 0 Å². The summed E-state index contributed by atoms with van der Waals surface area (Å²) in [5, 5.41) is 8.12. The minimum Gasteiger partial charge on any atom is -0.373 e. The molecule has 3 heterocycles. The lowest BCUT2D eigenvalue weighted by Crippen LogP contribution is -2.47. The van der Waals surface area contributed by atoms with E-state index in [-0.39, 0.29) is 0 Å². The van der Waals surface area contributed by atoms with Crippen molar-refractivity contribution < 1.29 is 4.74 Å². The molecule has 0 aliphatic carbocycles. The van der Waals surface area contributed by atoms with Crippen molar-refractivity contribution in [2.75, 3.05) is 13.1 Å². The number of fused-ring (bicyclic) bond motifs is 3. The molecule has 1 aromatic heterocycles. The number of guanidine groups is 1. The predicted octanol–water partition coefficient (Wildman–Crippen LogP) is 2.65. The molecule has 0 amide bonds. The predicted molar refractivity (Wildman–Crippen MR) is 101 cm³/mol. The van der Waals surface area contributed by atoms with E-state index in [4.69, 9.17) is 9.73 Å². The maximum atomic E-state index is 5.93. The average Bonchev–Trinajstić information content (AvgIpc) is 3.25. The lowest BCUT2D eigenvalue weighted by molar-refractivity contribution is 0.0992. The molecule has 2 aromatic rings. The van der Waals surface area contributed by atoms with Crippen LogP contribution in [0.2, 0.25) is 0 Å². The average molecular weight is 338 g/mol. The molecule has 2 aliphatic heterocycles. The lowest BCUT2D eigenvalue weighted by atomic mass is 9.96. The van der Waals surface area contributed by atoms with Gasteiger partial charge >= 0.3 is 0 Å². The number of nitrogens with zero attached hydrogens (tertiary/aromatic N) is 2. The number of para-hydroxylation sites is 1. The Morgan fingerprint density at radius 3 is 3.00 bits per heavy atom. The van der Waals surface area contributed by atoms with Gasteiger partial charge in [0.15, 0.2) is 5.96 Å². The summed E-state index contributed by atoms with van der Waals surface area (Å²) in [5.74, 6) is 0.900. The van der Waals surface area contributed by atoms with Crippen molar-refractivity contribution in [1.82, 2.24) is 15.6 Å². The standard InChI is InChI=1S/C20H26N4O/c1-2-21-20(24-17-13-16-8-9-18(17)25-16)23-12-10-15-6-3-5-14-7-4-11-22-19(14)15/h3-7,11,16-18H,2,8-10,12-13H2,1H3,(H2,21,23,24). The summed E-state index contributed by atoms with van der Waals surface area (Å²) in [6.07, 6.45) is 7.04. The van der Waals surface area contributed by atoms with Crippen LogP contribution in [0.3, 0.4) is 0 Å². The molecule has 0 spiro atoms. The van der Waals surface area contributed by atoms with Crippen molar-refractivity contribution in [3.63, 3.8) is 0 Å². The van der Waals surface area contributed by atoms with Gasteiger partial charge in [-0.1, -0.05) is 24.3 Å². The third-order valence-electron chi connectivity index (χ3n) is 5.14. The van der Waals surface area contributed by atoms with E-state index in [0.29, 0.717) is 18.2 Å². The monoisotopic (exact) mass is 338 g/mol. The summed E-state index contributed by atoms with van der Waals surface area (Å²) in [5.41, 5.74) is 2.33. The van der Waals surface area contributed by atoms with Gasteiger partial charge in [0.25, 0.3) is 0 Å². The minimum absolute atomic E-state index is 0.358. The van der Waals surface area contributed by atoms with Crippen molar-refractivity contribution in [3.8, 4) is 0 Å². The van der Waals surface area contributed by atoms with E-state index in [1.165, 1.54) is 23.8 Å². The summed E-state index contributed by atoms with van der Waals surface area (Å²) in [6, 6.07) is 10.8. The van der Waals surface area contributed by atoms with Crippen LogP contribution in [-0.4, -0.2) is 42.3 Å².